The number of nitrogens with zero attached hydrogens (tertiary/aromatic N) is 3. The zero-order valence-electron chi connectivity index (χ0n) is 13.4. The fraction of sp³-hybridized carbons (Fsp3) is 0.211. The van der Waals surface area contributed by atoms with E-state index in [1.807, 2.05) is 24.4 Å². The van der Waals surface area contributed by atoms with E-state index in [4.69, 9.17) is 0 Å². The van der Waals surface area contributed by atoms with Gasteiger partial charge in [0, 0.05) is 37.9 Å². The van der Waals surface area contributed by atoms with Crippen LogP contribution in [0.4, 0.5) is 11.6 Å². The van der Waals surface area contributed by atoms with Crippen molar-refractivity contribution in [3.8, 4) is 5.75 Å². The van der Waals surface area contributed by atoms with E-state index >= 15 is 0 Å². The molecule has 0 atom stereocenters. The Labute approximate surface area is 141 Å². The molecule has 2 aromatic carbocycles. The molecule has 0 aliphatic carbocycles. The van der Waals surface area contributed by atoms with Crippen molar-refractivity contribution in [3.05, 3.63) is 72.1 Å². The largest absolute Gasteiger partial charge is 0.508 e. The number of fused-ring (bicyclic) bond motifs is 1. The van der Waals surface area contributed by atoms with Crippen LogP contribution < -0.4 is 5.32 Å². The van der Waals surface area contributed by atoms with E-state index < -0.39 is 0 Å². The van der Waals surface area contributed by atoms with Crippen LogP contribution in [-0.4, -0.2) is 26.1 Å². The predicted octanol–water partition coefficient (Wildman–Crippen LogP) is 3.35. The highest BCUT2D eigenvalue weighted by atomic mass is 16.3. The molecule has 0 radical (unpaired) electrons. The summed E-state index contributed by atoms with van der Waals surface area (Å²) >= 11 is 0. The molecule has 0 bridgehead atoms. The van der Waals surface area contributed by atoms with Crippen molar-refractivity contribution >= 4 is 11.6 Å². The number of hydrogen-bond acceptors (Lipinski definition) is 4. The van der Waals surface area contributed by atoms with E-state index in [1.165, 1.54) is 11.3 Å². The lowest BCUT2D eigenvalue weighted by Crippen LogP contribution is -2.33. The maximum atomic E-state index is 9.58. The molecular weight excluding hydrogens is 300 g/mol. The van der Waals surface area contributed by atoms with Crippen LogP contribution in [0.2, 0.25) is 0 Å². The van der Waals surface area contributed by atoms with Gasteiger partial charge in [-0.3, -0.25) is 4.90 Å². The Bertz CT molecular complexity index is 828. The third-order valence-electron chi connectivity index (χ3n) is 4.31. The Balaban J connectivity index is 1.47. The molecule has 5 heteroatoms. The number of imidazole rings is 1. The van der Waals surface area contributed by atoms with Crippen LogP contribution in [0.25, 0.3) is 0 Å². The van der Waals surface area contributed by atoms with Gasteiger partial charge in [0.2, 0.25) is 5.95 Å². The first-order valence-electron chi connectivity index (χ1n) is 8.15. The van der Waals surface area contributed by atoms with Gasteiger partial charge < -0.3 is 15.0 Å². The SMILES string of the molecule is Oc1cccc(Nc2ncc3n2CCN(Cc2ccccc2)C3)c1. The lowest BCUT2D eigenvalue weighted by Gasteiger charge is -2.28. The zero-order chi connectivity index (χ0) is 16.4. The second kappa shape index (κ2) is 6.37. The maximum absolute atomic E-state index is 9.58. The Hall–Kier alpha value is -2.79. The molecule has 0 spiro atoms. The number of aromatic hydroxyl groups is 1. The maximum Gasteiger partial charge on any atom is 0.207 e. The normalized spacial score (nSPS) is 14.3. The van der Waals surface area contributed by atoms with Crippen molar-refractivity contribution in [1.82, 2.24) is 14.5 Å². The highest BCUT2D eigenvalue weighted by Crippen LogP contribution is 2.24. The Morgan fingerprint density at radius 3 is 2.75 bits per heavy atom. The topological polar surface area (TPSA) is 53.3 Å². The van der Waals surface area contributed by atoms with E-state index in [2.05, 4.69) is 44.0 Å². The molecule has 0 saturated carbocycles. The van der Waals surface area contributed by atoms with Crippen molar-refractivity contribution in [1.29, 1.82) is 0 Å². The number of phenols is 1. The molecule has 24 heavy (non-hydrogen) atoms. The highest BCUT2D eigenvalue weighted by Gasteiger charge is 2.19. The molecule has 0 unspecified atom stereocenters. The van der Waals surface area contributed by atoms with Gasteiger partial charge >= 0.3 is 0 Å². The number of anilines is 2. The van der Waals surface area contributed by atoms with Gasteiger partial charge in [-0.25, -0.2) is 4.98 Å². The fourth-order valence-corrected chi connectivity index (χ4v) is 3.13. The van der Waals surface area contributed by atoms with E-state index in [0.717, 1.165) is 37.8 Å². The smallest absolute Gasteiger partial charge is 0.207 e. The molecule has 3 aromatic rings. The number of aromatic nitrogens is 2. The first-order chi connectivity index (χ1) is 11.8. The number of nitrogens with one attached hydrogen (secondary N) is 1. The van der Waals surface area contributed by atoms with Crippen molar-refractivity contribution in [2.75, 3.05) is 11.9 Å². The molecule has 1 aliphatic heterocycles. The molecule has 0 amide bonds. The average Bonchev–Trinajstić information content (AvgIpc) is 2.98. The highest BCUT2D eigenvalue weighted by molar-refractivity contribution is 5.56. The predicted molar refractivity (Wildman–Crippen MR) is 94.2 cm³/mol. The van der Waals surface area contributed by atoms with E-state index in [1.54, 1.807) is 12.1 Å². The third-order valence-corrected chi connectivity index (χ3v) is 4.31. The summed E-state index contributed by atoms with van der Waals surface area (Å²) in [5, 5.41) is 12.9. The van der Waals surface area contributed by atoms with Gasteiger partial charge in [0.05, 0.1) is 11.9 Å². The van der Waals surface area contributed by atoms with Gasteiger partial charge in [0.1, 0.15) is 5.75 Å². The van der Waals surface area contributed by atoms with E-state index in [-0.39, 0.29) is 5.75 Å². The summed E-state index contributed by atoms with van der Waals surface area (Å²) in [6, 6.07) is 17.7. The summed E-state index contributed by atoms with van der Waals surface area (Å²) in [7, 11) is 0. The molecule has 1 aromatic heterocycles. The summed E-state index contributed by atoms with van der Waals surface area (Å²) in [6.07, 6.45) is 1.93. The minimum atomic E-state index is 0.249. The van der Waals surface area contributed by atoms with E-state index in [9.17, 15) is 5.11 Å². The third kappa shape index (κ3) is 3.12. The van der Waals surface area contributed by atoms with Crippen molar-refractivity contribution in [3.63, 3.8) is 0 Å². The number of hydrogen-bond donors (Lipinski definition) is 2. The second-order valence-electron chi connectivity index (χ2n) is 6.10. The van der Waals surface area contributed by atoms with Crippen molar-refractivity contribution in [2.45, 2.75) is 19.6 Å². The van der Waals surface area contributed by atoms with Gasteiger partial charge in [0.25, 0.3) is 0 Å². The first-order valence-corrected chi connectivity index (χ1v) is 8.15. The molecule has 0 saturated heterocycles. The van der Waals surface area contributed by atoms with E-state index in [0.29, 0.717) is 0 Å². The summed E-state index contributed by atoms with van der Waals surface area (Å²) in [4.78, 5) is 6.94. The average molecular weight is 320 g/mol. The van der Waals surface area contributed by atoms with Crippen LogP contribution >= 0.6 is 0 Å². The minimum absolute atomic E-state index is 0.249. The van der Waals surface area contributed by atoms with Gasteiger partial charge in [-0.2, -0.15) is 0 Å². The van der Waals surface area contributed by atoms with Crippen LogP contribution in [0.3, 0.4) is 0 Å². The summed E-state index contributed by atoms with van der Waals surface area (Å²) in [5.41, 5.74) is 3.39. The number of rotatable bonds is 4. The van der Waals surface area contributed by atoms with Gasteiger partial charge in [0.15, 0.2) is 0 Å². The second-order valence-corrected chi connectivity index (χ2v) is 6.10. The molecule has 1 aliphatic rings. The molecule has 2 heterocycles. The molecule has 0 fully saturated rings. The standard InChI is InChI=1S/C19H20N4O/c24-18-8-4-7-16(11-18)21-19-20-12-17-14-22(9-10-23(17)19)13-15-5-2-1-3-6-15/h1-8,11-12,24H,9-10,13-14H2,(H,20,21). The van der Waals surface area contributed by atoms with Crippen LogP contribution in [-0.2, 0) is 19.6 Å². The van der Waals surface area contributed by atoms with Gasteiger partial charge in [-0.15, -0.1) is 0 Å². The van der Waals surface area contributed by atoms with Crippen LogP contribution in [0, 0.1) is 0 Å². The summed E-state index contributed by atoms with van der Waals surface area (Å²) < 4.78 is 2.21. The zero-order valence-corrected chi connectivity index (χ0v) is 13.4. The van der Waals surface area contributed by atoms with Crippen LogP contribution in [0.5, 0.6) is 5.75 Å². The number of benzene rings is 2. The molecule has 2 N–H and O–H groups in total. The quantitative estimate of drug-likeness (QED) is 0.774. The Morgan fingerprint density at radius 2 is 1.92 bits per heavy atom. The van der Waals surface area contributed by atoms with Crippen LogP contribution in [0.1, 0.15) is 11.3 Å². The summed E-state index contributed by atoms with van der Waals surface area (Å²) in [5.74, 6) is 1.08. The Morgan fingerprint density at radius 1 is 1.04 bits per heavy atom. The molecule has 4 rings (SSSR count). The van der Waals surface area contributed by atoms with Gasteiger partial charge in [-0.1, -0.05) is 36.4 Å². The Kier molecular flexibility index (Phi) is 3.92. The molecular formula is C19H20N4O. The first kappa shape index (κ1) is 14.8. The fourth-order valence-electron chi connectivity index (χ4n) is 3.13. The van der Waals surface area contributed by atoms with Crippen molar-refractivity contribution in [2.24, 2.45) is 0 Å². The molecule has 5 nitrogen and oxygen atoms in total. The van der Waals surface area contributed by atoms with Gasteiger partial charge in [-0.05, 0) is 17.7 Å². The minimum Gasteiger partial charge on any atom is -0.508 e. The lowest BCUT2D eigenvalue weighted by molar-refractivity contribution is 0.214. The number of phenolic OH excluding ortho intramolecular Hbond substituents is 1. The van der Waals surface area contributed by atoms with Crippen molar-refractivity contribution < 1.29 is 5.11 Å². The van der Waals surface area contributed by atoms with Crippen LogP contribution in [0.15, 0.2) is 60.8 Å². The molecule has 122 valence electrons. The summed E-state index contributed by atoms with van der Waals surface area (Å²) in [6.45, 7) is 3.75. The lowest BCUT2D eigenvalue weighted by atomic mass is 10.2. The monoisotopic (exact) mass is 320 g/mol.